The summed E-state index contributed by atoms with van der Waals surface area (Å²) >= 11 is 1.88. The lowest BCUT2D eigenvalue weighted by Gasteiger charge is -2.08. The summed E-state index contributed by atoms with van der Waals surface area (Å²) in [7, 11) is 0. The van der Waals surface area contributed by atoms with E-state index in [4.69, 9.17) is 0 Å². The zero-order valence-electron chi connectivity index (χ0n) is 14.6. The van der Waals surface area contributed by atoms with Crippen LogP contribution in [0.15, 0.2) is 97.1 Å². The van der Waals surface area contributed by atoms with Crippen LogP contribution < -0.4 is 0 Å². The predicted octanol–water partition coefficient (Wildman–Crippen LogP) is 8.03. The third-order valence-electron chi connectivity index (χ3n) is 5.46. The fourth-order valence-electron chi connectivity index (χ4n) is 4.18. The Balaban J connectivity index is 1.68. The van der Waals surface area contributed by atoms with Crippen LogP contribution >= 0.6 is 11.3 Å². The Bertz CT molecular complexity index is 1460. The van der Waals surface area contributed by atoms with Crippen LogP contribution in [0.5, 0.6) is 0 Å². The van der Waals surface area contributed by atoms with Crippen molar-refractivity contribution >= 4 is 53.1 Å². The quantitative estimate of drug-likeness (QED) is 0.260. The molecule has 0 aliphatic heterocycles. The van der Waals surface area contributed by atoms with E-state index in [0.29, 0.717) is 0 Å². The number of thiophene rings is 1. The number of fused-ring (bicyclic) bond motifs is 7. The molecule has 0 nitrogen and oxygen atoms in total. The molecule has 0 spiro atoms. The van der Waals surface area contributed by atoms with Crippen LogP contribution in [-0.4, -0.2) is 0 Å². The van der Waals surface area contributed by atoms with Crippen molar-refractivity contribution in [2.75, 3.05) is 0 Å². The molecule has 6 aromatic rings. The van der Waals surface area contributed by atoms with Gasteiger partial charge in [0.05, 0.1) is 0 Å². The van der Waals surface area contributed by atoms with Gasteiger partial charge in [-0.1, -0.05) is 78.9 Å². The molecule has 126 valence electrons. The van der Waals surface area contributed by atoms with Crippen molar-refractivity contribution < 1.29 is 0 Å². The molecule has 0 amide bonds. The fourth-order valence-corrected chi connectivity index (χ4v) is 5.30. The number of rotatable bonds is 1. The Morgan fingerprint density at radius 1 is 0.444 bits per heavy atom. The zero-order chi connectivity index (χ0) is 17.8. The second-order valence-electron chi connectivity index (χ2n) is 7.00. The van der Waals surface area contributed by atoms with Crippen LogP contribution in [0.3, 0.4) is 0 Å². The minimum Gasteiger partial charge on any atom is -0.135 e. The van der Waals surface area contributed by atoms with Crippen LogP contribution in [-0.2, 0) is 0 Å². The van der Waals surface area contributed by atoms with E-state index in [1.165, 1.54) is 52.8 Å². The molecule has 0 aliphatic carbocycles. The molecular formula is C26H16S. The summed E-state index contributed by atoms with van der Waals surface area (Å²) in [5.41, 5.74) is 2.53. The molecule has 1 heteroatoms. The van der Waals surface area contributed by atoms with Gasteiger partial charge in [-0.25, -0.2) is 0 Å². The van der Waals surface area contributed by atoms with Gasteiger partial charge < -0.3 is 0 Å². The van der Waals surface area contributed by atoms with Gasteiger partial charge >= 0.3 is 0 Å². The Hall–Kier alpha value is -3.16. The molecule has 0 saturated carbocycles. The SMILES string of the molecule is c1ccc(-c2ccc3c(ccc4c3ccc3sc5ccccc5c34)c2)cc1. The van der Waals surface area contributed by atoms with Crippen molar-refractivity contribution in [2.45, 2.75) is 0 Å². The topological polar surface area (TPSA) is 0 Å². The molecular weight excluding hydrogens is 344 g/mol. The van der Waals surface area contributed by atoms with Gasteiger partial charge in [-0.15, -0.1) is 11.3 Å². The van der Waals surface area contributed by atoms with E-state index in [-0.39, 0.29) is 0 Å². The highest BCUT2D eigenvalue weighted by atomic mass is 32.1. The van der Waals surface area contributed by atoms with E-state index < -0.39 is 0 Å². The number of benzene rings is 5. The summed E-state index contributed by atoms with van der Waals surface area (Å²) in [5, 5.41) is 8.06. The summed E-state index contributed by atoms with van der Waals surface area (Å²) in [6, 6.07) is 35.3. The maximum atomic E-state index is 2.31. The van der Waals surface area contributed by atoms with Crippen molar-refractivity contribution in [1.82, 2.24) is 0 Å². The van der Waals surface area contributed by atoms with E-state index in [2.05, 4.69) is 97.1 Å². The average molecular weight is 360 g/mol. The molecule has 6 rings (SSSR count). The molecule has 27 heavy (non-hydrogen) atoms. The molecule has 0 N–H and O–H groups in total. The van der Waals surface area contributed by atoms with Crippen molar-refractivity contribution in [2.24, 2.45) is 0 Å². The Kier molecular flexibility index (Phi) is 3.14. The van der Waals surface area contributed by atoms with Crippen molar-refractivity contribution in [3.63, 3.8) is 0 Å². The van der Waals surface area contributed by atoms with Gasteiger partial charge in [-0.2, -0.15) is 0 Å². The maximum absolute atomic E-state index is 2.31. The minimum atomic E-state index is 1.26. The second-order valence-corrected chi connectivity index (χ2v) is 8.08. The lowest BCUT2D eigenvalue weighted by molar-refractivity contribution is 1.65. The van der Waals surface area contributed by atoms with E-state index in [1.54, 1.807) is 0 Å². The van der Waals surface area contributed by atoms with Gasteiger partial charge in [0, 0.05) is 20.2 Å². The predicted molar refractivity (Wildman–Crippen MR) is 120 cm³/mol. The first-order chi connectivity index (χ1) is 13.4. The molecule has 1 aromatic heterocycles. The minimum absolute atomic E-state index is 1.26. The normalized spacial score (nSPS) is 11.7. The monoisotopic (exact) mass is 360 g/mol. The standard InChI is InChI=1S/C26H16S/c1-2-6-17(7-3-1)18-10-12-20-19(16-18)11-13-22-21(20)14-15-25-26(22)23-8-4-5-9-24(23)27-25/h1-16H. The van der Waals surface area contributed by atoms with Crippen LogP contribution in [0.4, 0.5) is 0 Å². The highest BCUT2D eigenvalue weighted by molar-refractivity contribution is 7.26. The smallest absolute Gasteiger partial charge is 0.0361 e. The summed E-state index contributed by atoms with van der Waals surface area (Å²) in [6.07, 6.45) is 0. The third kappa shape index (κ3) is 2.22. The first-order valence-electron chi connectivity index (χ1n) is 9.21. The molecule has 0 fully saturated rings. The van der Waals surface area contributed by atoms with Crippen molar-refractivity contribution in [1.29, 1.82) is 0 Å². The molecule has 0 aliphatic rings. The van der Waals surface area contributed by atoms with E-state index >= 15 is 0 Å². The van der Waals surface area contributed by atoms with Gasteiger partial charge in [-0.3, -0.25) is 0 Å². The molecule has 0 atom stereocenters. The summed E-state index contributed by atoms with van der Waals surface area (Å²) < 4.78 is 2.73. The molecule has 0 radical (unpaired) electrons. The Labute approximate surface area is 161 Å². The van der Waals surface area contributed by atoms with Crippen LogP contribution in [0, 0.1) is 0 Å². The highest BCUT2D eigenvalue weighted by Gasteiger charge is 2.10. The lowest BCUT2D eigenvalue weighted by Crippen LogP contribution is -1.82. The first-order valence-corrected chi connectivity index (χ1v) is 10.0. The third-order valence-corrected chi connectivity index (χ3v) is 6.60. The molecule has 5 aromatic carbocycles. The van der Waals surface area contributed by atoms with Crippen molar-refractivity contribution in [3.05, 3.63) is 97.1 Å². The first kappa shape index (κ1) is 15.0. The molecule has 0 unspecified atom stereocenters. The largest absolute Gasteiger partial charge is 0.135 e. The van der Waals surface area contributed by atoms with Crippen molar-refractivity contribution in [3.8, 4) is 11.1 Å². The van der Waals surface area contributed by atoms with Crippen LogP contribution in [0.1, 0.15) is 0 Å². The van der Waals surface area contributed by atoms with Gasteiger partial charge in [0.15, 0.2) is 0 Å². The van der Waals surface area contributed by atoms with Gasteiger partial charge in [0.1, 0.15) is 0 Å². The van der Waals surface area contributed by atoms with Crippen LogP contribution in [0.2, 0.25) is 0 Å². The average Bonchev–Trinajstić information content (AvgIpc) is 3.12. The van der Waals surface area contributed by atoms with Gasteiger partial charge in [0.2, 0.25) is 0 Å². The van der Waals surface area contributed by atoms with Gasteiger partial charge in [0.25, 0.3) is 0 Å². The fraction of sp³-hybridized carbons (Fsp3) is 0. The van der Waals surface area contributed by atoms with E-state index in [9.17, 15) is 0 Å². The molecule has 1 heterocycles. The van der Waals surface area contributed by atoms with Gasteiger partial charge in [-0.05, 0) is 50.9 Å². The number of hydrogen-bond donors (Lipinski definition) is 0. The summed E-state index contributed by atoms with van der Waals surface area (Å²) in [5.74, 6) is 0. The summed E-state index contributed by atoms with van der Waals surface area (Å²) in [4.78, 5) is 0. The zero-order valence-corrected chi connectivity index (χ0v) is 15.5. The van der Waals surface area contributed by atoms with E-state index in [0.717, 1.165) is 0 Å². The maximum Gasteiger partial charge on any atom is 0.0361 e. The molecule has 0 saturated heterocycles. The highest BCUT2D eigenvalue weighted by Crippen LogP contribution is 2.40. The van der Waals surface area contributed by atoms with E-state index in [1.807, 2.05) is 11.3 Å². The summed E-state index contributed by atoms with van der Waals surface area (Å²) in [6.45, 7) is 0. The number of hydrogen-bond acceptors (Lipinski definition) is 1. The molecule has 0 bridgehead atoms. The lowest BCUT2D eigenvalue weighted by atomic mass is 9.95. The Morgan fingerprint density at radius 2 is 1.22 bits per heavy atom. The van der Waals surface area contributed by atoms with Crippen LogP contribution in [0.25, 0.3) is 52.8 Å². The second kappa shape index (κ2) is 5.67. The Morgan fingerprint density at radius 3 is 2.15 bits per heavy atom.